The van der Waals surface area contributed by atoms with Gasteiger partial charge in [-0.2, -0.15) is 4.98 Å². The fraction of sp³-hybridized carbons (Fsp3) is 0.400. The van der Waals surface area contributed by atoms with Crippen molar-refractivity contribution in [3.63, 3.8) is 0 Å². The molecule has 7 nitrogen and oxygen atoms in total. The summed E-state index contributed by atoms with van der Waals surface area (Å²) in [6.45, 7) is 3.72. The molecule has 7 heteroatoms. The summed E-state index contributed by atoms with van der Waals surface area (Å²) >= 11 is 0. The van der Waals surface area contributed by atoms with E-state index in [0.29, 0.717) is 43.6 Å². The second-order valence-corrected chi connectivity index (χ2v) is 4.59. The van der Waals surface area contributed by atoms with E-state index in [1.807, 2.05) is 0 Å². The third-order valence-corrected chi connectivity index (χ3v) is 2.89. The van der Waals surface area contributed by atoms with Gasteiger partial charge in [-0.1, -0.05) is 5.16 Å². The summed E-state index contributed by atoms with van der Waals surface area (Å²) in [5.74, 6) is 0.866. The van der Waals surface area contributed by atoms with Crippen LogP contribution in [0.15, 0.2) is 28.8 Å². The average Bonchev–Trinajstić information content (AvgIpc) is 2.97. The molecule has 0 bridgehead atoms. The molecule has 2 aromatic rings. The van der Waals surface area contributed by atoms with Crippen molar-refractivity contribution in [2.24, 2.45) is 0 Å². The van der Waals surface area contributed by atoms with Gasteiger partial charge in [0.2, 0.25) is 0 Å². The van der Waals surface area contributed by atoms with E-state index in [4.69, 9.17) is 14.0 Å². The number of hydrogen-bond acceptors (Lipinski definition) is 6. The highest BCUT2D eigenvalue weighted by molar-refractivity contribution is 5.94. The molecule has 0 saturated heterocycles. The Morgan fingerprint density at radius 2 is 2.00 bits per heavy atom. The van der Waals surface area contributed by atoms with Crippen LogP contribution in [0.4, 0.5) is 0 Å². The van der Waals surface area contributed by atoms with Gasteiger partial charge in [-0.05, 0) is 31.2 Å². The molecular weight excluding hydrogens is 286 g/mol. The highest BCUT2D eigenvalue weighted by Crippen LogP contribution is 2.17. The molecule has 1 aromatic carbocycles. The monoisotopic (exact) mass is 305 g/mol. The van der Waals surface area contributed by atoms with Crippen LogP contribution < -0.4 is 5.32 Å². The van der Waals surface area contributed by atoms with Crippen molar-refractivity contribution < 1.29 is 18.8 Å². The number of nitrogens with one attached hydrogen (secondary N) is 1. The van der Waals surface area contributed by atoms with Crippen molar-refractivity contribution in [2.45, 2.75) is 6.92 Å². The maximum atomic E-state index is 11.9. The molecule has 0 spiro atoms. The van der Waals surface area contributed by atoms with E-state index < -0.39 is 0 Å². The molecular formula is C15H19N3O4. The largest absolute Gasteiger partial charge is 0.382 e. The maximum Gasteiger partial charge on any atom is 0.257 e. The van der Waals surface area contributed by atoms with Crippen LogP contribution in [0, 0.1) is 6.92 Å². The Morgan fingerprint density at radius 3 is 2.64 bits per heavy atom. The Balaban J connectivity index is 1.81. The van der Waals surface area contributed by atoms with Crippen LogP contribution in [0.3, 0.4) is 0 Å². The van der Waals surface area contributed by atoms with Gasteiger partial charge in [-0.25, -0.2) is 0 Å². The van der Waals surface area contributed by atoms with Gasteiger partial charge in [-0.3, -0.25) is 4.79 Å². The second kappa shape index (κ2) is 8.26. The highest BCUT2D eigenvalue weighted by Gasteiger charge is 2.08. The molecule has 0 saturated carbocycles. The van der Waals surface area contributed by atoms with Gasteiger partial charge >= 0.3 is 0 Å². The van der Waals surface area contributed by atoms with Crippen LogP contribution in [0.1, 0.15) is 16.2 Å². The van der Waals surface area contributed by atoms with Gasteiger partial charge < -0.3 is 19.3 Å². The third kappa shape index (κ3) is 4.64. The molecule has 118 valence electrons. The molecule has 0 aliphatic rings. The van der Waals surface area contributed by atoms with Crippen molar-refractivity contribution in [1.29, 1.82) is 0 Å². The lowest BCUT2D eigenvalue weighted by molar-refractivity contribution is 0.0692. The molecule has 0 radical (unpaired) electrons. The quantitative estimate of drug-likeness (QED) is 0.743. The summed E-state index contributed by atoms with van der Waals surface area (Å²) in [5.41, 5.74) is 1.34. The number of aryl methyl sites for hydroxylation is 1. The van der Waals surface area contributed by atoms with Crippen LogP contribution in [0.5, 0.6) is 0 Å². The smallest absolute Gasteiger partial charge is 0.257 e. The van der Waals surface area contributed by atoms with Crippen molar-refractivity contribution in [1.82, 2.24) is 15.5 Å². The van der Waals surface area contributed by atoms with Crippen molar-refractivity contribution in [3.05, 3.63) is 35.7 Å². The van der Waals surface area contributed by atoms with Crippen LogP contribution in [-0.4, -0.2) is 49.5 Å². The number of benzene rings is 1. The summed E-state index contributed by atoms with van der Waals surface area (Å²) in [6, 6.07) is 6.99. The van der Waals surface area contributed by atoms with E-state index >= 15 is 0 Å². The van der Waals surface area contributed by atoms with Crippen LogP contribution in [0.2, 0.25) is 0 Å². The van der Waals surface area contributed by atoms with E-state index in [9.17, 15) is 4.79 Å². The zero-order chi connectivity index (χ0) is 15.8. The molecule has 1 aromatic heterocycles. The number of nitrogens with zero attached hydrogens (tertiary/aromatic N) is 2. The van der Waals surface area contributed by atoms with Gasteiger partial charge in [0, 0.05) is 24.8 Å². The van der Waals surface area contributed by atoms with E-state index in [0.717, 1.165) is 5.56 Å². The second-order valence-electron chi connectivity index (χ2n) is 4.59. The van der Waals surface area contributed by atoms with Gasteiger partial charge in [-0.15, -0.1) is 0 Å². The molecule has 0 atom stereocenters. The molecule has 22 heavy (non-hydrogen) atoms. The minimum atomic E-state index is -0.149. The first-order valence-corrected chi connectivity index (χ1v) is 6.96. The minimum absolute atomic E-state index is 0.149. The van der Waals surface area contributed by atoms with E-state index in [2.05, 4.69) is 15.5 Å². The Bertz CT molecular complexity index is 595. The molecule has 0 aliphatic heterocycles. The topological polar surface area (TPSA) is 86.5 Å². The number of ether oxygens (including phenoxy) is 2. The lowest BCUT2D eigenvalue weighted by atomic mass is 10.1. The zero-order valence-corrected chi connectivity index (χ0v) is 12.7. The summed E-state index contributed by atoms with van der Waals surface area (Å²) in [6.07, 6.45) is 0. The van der Waals surface area contributed by atoms with Crippen LogP contribution in [-0.2, 0) is 9.47 Å². The Labute approximate surface area is 128 Å². The summed E-state index contributed by atoms with van der Waals surface area (Å²) < 4.78 is 15.2. The average molecular weight is 305 g/mol. The molecule has 1 heterocycles. The zero-order valence-electron chi connectivity index (χ0n) is 12.7. The first-order chi connectivity index (χ1) is 10.7. The molecule has 1 amide bonds. The van der Waals surface area contributed by atoms with E-state index in [-0.39, 0.29) is 5.91 Å². The fourth-order valence-corrected chi connectivity index (χ4v) is 1.76. The summed E-state index contributed by atoms with van der Waals surface area (Å²) in [5, 5.41) is 6.52. The van der Waals surface area contributed by atoms with E-state index in [1.54, 1.807) is 38.3 Å². The predicted octanol–water partition coefficient (Wildman–Crippen LogP) is 1.44. The Hall–Kier alpha value is -2.25. The highest BCUT2D eigenvalue weighted by atomic mass is 16.5. The van der Waals surface area contributed by atoms with Crippen LogP contribution in [0.25, 0.3) is 11.5 Å². The van der Waals surface area contributed by atoms with Gasteiger partial charge in [0.15, 0.2) is 5.82 Å². The lowest BCUT2D eigenvalue weighted by Crippen LogP contribution is -2.27. The molecule has 1 N–H and O–H groups in total. The standard InChI is InChI=1S/C15H19N3O4/c1-11-17-15(22-18-11)13-5-3-12(4-6-13)14(19)16-7-8-21-10-9-20-2/h3-6H,7-10H2,1-2H3,(H,16,19). The molecule has 0 fully saturated rings. The first kappa shape index (κ1) is 16.1. The summed E-state index contributed by atoms with van der Waals surface area (Å²) in [7, 11) is 1.62. The normalized spacial score (nSPS) is 10.6. The lowest BCUT2D eigenvalue weighted by Gasteiger charge is -2.06. The predicted molar refractivity (Wildman–Crippen MR) is 79.5 cm³/mol. The fourth-order valence-electron chi connectivity index (χ4n) is 1.76. The third-order valence-electron chi connectivity index (χ3n) is 2.89. The summed E-state index contributed by atoms with van der Waals surface area (Å²) in [4.78, 5) is 16.1. The van der Waals surface area contributed by atoms with Crippen LogP contribution >= 0.6 is 0 Å². The molecule has 0 unspecified atom stereocenters. The van der Waals surface area contributed by atoms with E-state index in [1.165, 1.54) is 0 Å². The van der Waals surface area contributed by atoms with Crippen molar-refractivity contribution in [2.75, 3.05) is 33.5 Å². The van der Waals surface area contributed by atoms with Gasteiger partial charge in [0.05, 0.1) is 19.8 Å². The number of carbonyl (C=O) groups is 1. The first-order valence-electron chi connectivity index (χ1n) is 6.96. The van der Waals surface area contributed by atoms with Crippen molar-refractivity contribution >= 4 is 5.91 Å². The number of carbonyl (C=O) groups excluding carboxylic acids is 1. The number of methoxy groups -OCH3 is 1. The van der Waals surface area contributed by atoms with Gasteiger partial charge in [0.25, 0.3) is 11.8 Å². The molecule has 2 rings (SSSR count). The Kier molecular flexibility index (Phi) is 6.05. The SMILES string of the molecule is COCCOCCNC(=O)c1ccc(-c2nc(C)no2)cc1. The minimum Gasteiger partial charge on any atom is -0.382 e. The van der Waals surface area contributed by atoms with Crippen molar-refractivity contribution in [3.8, 4) is 11.5 Å². The number of amides is 1. The maximum absolute atomic E-state index is 11.9. The molecule has 0 aliphatic carbocycles. The number of hydrogen-bond donors (Lipinski definition) is 1. The van der Waals surface area contributed by atoms with Gasteiger partial charge in [0.1, 0.15) is 0 Å². The Morgan fingerprint density at radius 1 is 1.23 bits per heavy atom. The number of rotatable bonds is 8. The number of aromatic nitrogens is 2.